The Bertz CT molecular complexity index is 822. The fraction of sp³-hybridized carbons (Fsp3) is 0.240. The molecule has 0 aliphatic carbocycles. The van der Waals surface area contributed by atoms with Gasteiger partial charge in [-0.15, -0.1) is 0 Å². The number of amides is 1. The van der Waals surface area contributed by atoms with Crippen LogP contribution in [0.2, 0.25) is 0 Å². The molecule has 0 unspecified atom stereocenters. The highest BCUT2D eigenvalue weighted by Gasteiger charge is 2.37. The van der Waals surface area contributed by atoms with Gasteiger partial charge in [-0.2, -0.15) is 0 Å². The highest BCUT2D eigenvalue weighted by molar-refractivity contribution is 5.64. The summed E-state index contributed by atoms with van der Waals surface area (Å²) in [7, 11) is 0. The first-order chi connectivity index (χ1) is 15.1. The van der Waals surface area contributed by atoms with E-state index in [1.54, 1.807) is 0 Å². The average molecular weight is 421 g/mol. The van der Waals surface area contributed by atoms with Crippen LogP contribution in [-0.2, 0) is 15.1 Å². The SMILES string of the molecule is O=C(O)NC[C@@H](O)COCCOC(c1ccccc1)(c1ccccc1)c1ccccc1. The number of aliphatic hydroxyl groups excluding tert-OH is 1. The van der Waals surface area contributed by atoms with Crippen molar-refractivity contribution in [3.05, 3.63) is 108 Å². The molecule has 0 aliphatic rings. The predicted octanol–water partition coefficient (Wildman–Crippen LogP) is 3.64. The van der Waals surface area contributed by atoms with Gasteiger partial charge in [0, 0.05) is 6.54 Å². The van der Waals surface area contributed by atoms with Crippen LogP contribution in [0.5, 0.6) is 0 Å². The monoisotopic (exact) mass is 421 g/mol. The molecule has 1 atom stereocenters. The van der Waals surface area contributed by atoms with E-state index in [-0.39, 0.29) is 26.4 Å². The Morgan fingerprint density at radius 2 is 1.26 bits per heavy atom. The minimum absolute atomic E-state index is 0.0126. The molecule has 0 aliphatic heterocycles. The summed E-state index contributed by atoms with van der Waals surface area (Å²) >= 11 is 0. The molecule has 0 saturated heterocycles. The molecule has 1 amide bonds. The van der Waals surface area contributed by atoms with Gasteiger partial charge in [-0.05, 0) is 16.7 Å². The molecule has 162 valence electrons. The molecule has 0 saturated carbocycles. The minimum atomic E-state index is -1.18. The van der Waals surface area contributed by atoms with Gasteiger partial charge in [0.05, 0.1) is 25.9 Å². The van der Waals surface area contributed by atoms with Gasteiger partial charge in [-0.25, -0.2) is 4.79 Å². The van der Waals surface area contributed by atoms with Gasteiger partial charge in [0.2, 0.25) is 0 Å². The maximum Gasteiger partial charge on any atom is 0.404 e. The molecule has 3 aromatic carbocycles. The van der Waals surface area contributed by atoms with E-state index in [0.29, 0.717) is 0 Å². The van der Waals surface area contributed by atoms with Crippen LogP contribution in [0.4, 0.5) is 4.79 Å². The number of benzene rings is 3. The Morgan fingerprint density at radius 1 is 0.806 bits per heavy atom. The van der Waals surface area contributed by atoms with Crippen LogP contribution in [0, 0.1) is 0 Å². The van der Waals surface area contributed by atoms with Gasteiger partial charge < -0.3 is 25.0 Å². The van der Waals surface area contributed by atoms with Crippen molar-refractivity contribution in [1.82, 2.24) is 5.32 Å². The van der Waals surface area contributed by atoms with E-state index >= 15 is 0 Å². The quantitative estimate of drug-likeness (QED) is 0.325. The molecule has 6 heteroatoms. The number of rotatable bonds is 11. The van der Waals surface area contributed by atoms with E-state index < -0.39 is 17.8 Å². The Hall–Kier alpha value is -3.19. The molecular weight excluding hydrogens is 394 g/mol. The molecule has 3 aromatic rings. The maximum absolute atomic E-state index is 10.5. The van der Waals surface area contributed by atoms with Gasteiger partial charge in [-0.3, -0.25) is 0 Å². The molecule has 0 spiro atoms. The van der Waals surface area contributed by atoms with Crippen molar-refractivity contribution in [3.63, 3.8) is 0 Å². The van der Waals surface area contributed by atoms with Crippen LogP contribution >= 0.6 is 0 Å². The third-order valence-corrected chi connectivity index (χ3v) is 4.89. The van der Waals surface area contributed by atoms with Crippen molar-refractivity contribution >= 4 is 6.09 Å². The number of hydrogen-bond acceptors (Lipinski definition) is 4. The number of aliphatic hydroxyl groups is 1. The van der Waals surface area contributed by atoms with Crippen molar-refractivity contribution in [1.29, 1.82) is 0 Å². The largest absolute Gasteiger partial charge is 0.465 e. The standard InChI is InChI=1S/C25H27NO5/c27-23(18-26-24(28)29)19-30-16-17-31-25(20-10-4-1-5-11-20,21-12-6-2-7-13-21)22-14-8-3-9-15-22/h1-15,23,26-27H,16-19H2,(H,28,29)/t23-/m1/s1. The molecule has 0 bridgehead atoms. The minimum Gasteiger partial charge on any atom is -0.465 e. The third-order valence-electron chi connectivity index (χ3n) is 4.89. The summed E-state index contributed by atoms with van der Waals surface area (Å²) in [5, 5.41) is 20.5. The molecule has 31 heavy (non-hydrogen) atoms. The molecule has 0 fully saturated rings. The molecule has 6 nitrogen and oxygen atoms in total. The summed E-state index contributed by atoms with van der Waals surface area (Å²) in [5.74, 6) is 0. The number of hydrogen-bond donors (Lipinski definition) is 3. The zero-order chi connectivity index (χ0) is 21.9. The van der Waals surface area contributed by atoms with Crippen LogP contribution in [0.3, 0.4) is 0 Å². The zero-order valence-corrected chi connectivity index (χ0v) is 17.2. The molecule has 0 radical (unpaired) electrons. The van der Waals surface area contributed by atoms with Gasteiger partial charge in [0.25, 0.3) is 0 Å². The zero-order valence-electron chi connectivity index (χ0n) is 17.2. The van der Waals surface area contributed by atoms with E-state index in [1.165, 1.54) is 0 Å². The summed E-state index contributed by atoms with van der Waals surface area (Å²) < 4.78 is 12.1. The third kappa shape index (κ3) is 5.92. The van der Waals surface area contributed by atoms with Crippen molar-refractivity contribution in [2.45, 2.75) is 11.7 Å². The van der Waals surface area contributed by atoms with Crippen molar-refractivity contribution in [3.8, 4) is 0 Å². The van der Waals surface area contributed by atoms with Gasteiger partial charge in [0.1, 0.15) is 5.60 Å². The van der Waals surface area contributed by atoms with Crippen molar-refractivity contribution in [2.24, 2.45) is 0 Å². The summed E-state index contributed by atoms with van der Waals surface area (Å²) in [5.41, 5.74) is 2.17. The van der Waals surface area contributed by atoms with Gasteiger partial charge in [-0.1, -0.05) is 91.0 Å². The Morgan fingerprint density at radius 3 is 1.68 bits per heavy atom. The average Bonchev–Trinajstić information content (AvgIpc) is 2.82. The summed E-state index contributed by atoms with van der Waals surface area (Å²) in [6, 6.07) is 30.1. The first-order valence-corrected chi connectivity index (χ1v) is 10.2. The van der Waals surface area contributed by atoms with Crippen LogP contribution in [-0.4, -0.2) is 48.8 Å². The predicted molar refractivity (Wildman–Crippen MR) is 118 cm³/mol. The lowest BCUT2D eigenvalue weighted by Crippen LogP contribution is -2.35. The fourth-order valence-corrected chi connectivity index (χ4v) is 3.51. The van der Waals surface area contributed by atoms with E-state index in [9.17, 15) is 9.90 Å². The highest BCUT2D eigenvalue weighted by Crippen LogP contribution is 2.40. The fourth-order valence-electron chi connectivity index (χ4n) is 3.51. The Balaban J connectivity index is 1.79. The Labute approximate surface area is 182 Å². The smallest absolute Gasteiger partial charge is 0.404 e. The molecule has 0 aromatic heterocycles. The summed E-state index contributed by atoms with van der Waals surface area (Å²) in [4.78, 5) is 10.5. The van der Waals surface area contributed by atoms with Gasteiger partial charge >= 0.3 is 6.09 Å². The number of nitrogens with one attached hydrogen (secondary N) is 1. The number of carboxylic acid groups (broad SMARTS) is 1. The molecule has 3 rings (SSSR count). The van der Waals surface area contributed by atoms with Gasteiger partial charge in [0.15, 0.2) is 0 Å². The van der Waals surface area contributed by atoms with Crippen LogP contribution in [0.15, 0.2) is 91.0 Å². The molecular formula is C25H27NO5. The van der Waals surface area contributed by atoms with Crippen LogP contribution < -0.4 is 5.32 Å². The van der Waals surface area contributed by atoms with E-state index in [2.05, 4.69) is 5.32 Å². The Kier molecular flexibility index (Phi) is 8.18. The highest BCUT2D eigenvalue weighted by atomic mass is 16.5. The number of carbonyl (C=O) groups is 1. The topological polar surface area (TPSA) is 88.0 Å². The second-order valence-electron chi connectivity index (χ2n) is 7.04. The van der Waals surface area contributed by atoms with E-state index in [1.807, 2.05) is 91.0 Å². The van der Waals surface area contributed by atoms with Crippen LogP contribution in [0.1, 0.15) is 16.7 Å². The summed E-state index contributed by atoms with van der Waals surface area (Å²) in [6.07, 6.45) is -2.10. The lowest BCUT2D eigenvalue weighted by Gasteiger charge is -2.36. The first-order valence-electron chi connectivity index (χ1n) is 10.2. The number of ether oxygens (including phenoxy) is 2. The summed E-state index contributed by atoms with van der Waals surface area (Å²) in [6.45, 7) is 0.451. The van der Waals surface area contributed by atoms with Crippen molar-refractivity contribution in [2.75, 3.05) is 26.4 Å². The lowest BCUT2D eigenvalue weighted by molar-refractivity contribution is -0.0385. The second-order valence-corrected chi connectivity index (χ2v) is 7.04. The normalized spacial score (nSPS) is 12.3. The van der Waals surface area contributed by atoms with Crippen LogP contribution in [0.25, 0.3) is 0 Å². The van der Waals surface area contributed by atoms with E-state index in [4.69, 9.17) is 14.6 Å². The lowest BCUT2D eigenvalue weighted by atomic mass is 9.80. The van der Waals surface area contributed by atoms with E-state index in [0.717, 1.165) is 16.7 Å². The van der Waals surface area contributed by atoms with Crippen molar-refractivity contribution < 1.29 is 24.5 Å². The molecule has 3 N–H and O–H groups in total. The molecule has 0 heterocycles. The first kappa shape index (κ1) is 22.5. The second kappa shape index (κ2) is 11.3. The maximum atomic E-state index is 10.5.